The van der Waals surface area contributed by atoms with Gasteiger partial charge in [0.2, 0.25) is 0 Å². The van der Waals surface area contributed by atoms with Crippen molar-refractivity contribution in [2.45, 2.75) is 12.3 Å². The Morgan fingerprint density at radius 1 is 1.36 bits per heavy atom. The average molecular weight is 175 g/mol. The van der Waals surface area contributed by atoms with Gasteiger partial charge in [-0.05, 0) is 0 Å². The molecule has 0 aromatic rings. The third-order valence-electron chi connectivity index (χ3n) is 0.987. The number of rotatable bonds is 4. The highest BCUT2D eigenvalue weighted by Crippen LogP contribution is 2.18. The van der Waals surface area contributed by atoms with E-state index >= 15 is 0 Å². The fraction of sp³-hybridized carbons (Fsp3) is 1.00. The predicted octanol–water partition coefficient (Wildman–Crippen LogP) is 0.469. The smallest absolute Gasteiger partial charge is 0.382 e. The van der Waals surface area contributed by atoms with Gasteiger partial charge in [-0.1, -0.05) is 0 Å². The summed E-state index contributed by atoms with van der Waals surface area (Å²) in [6.45, 7) is -1.58. The Labute approximate surface area is 61.2 Å². The molecular formula is C5H9F4NO. The van der Waals surface area contributed by atoms with Gasteiger partial charge in [0.15, 0.2) is 6.10 Å². The van der Waals surface area contributed by atoms with E-state index < -0.39 is 25.5 Å². The van der Waals surface area contributed by atoms with E-state index in [1.807, 2.05) is 0 Å². The number of nitrogens with one attached hydrogen (secondary N) is 1. The minimum absolute atomic E-state index is 0.173. The van der Waals surface area contributed by atoms with Crippen molar-refractivity contribution in [3.8, 4) is 0 Å². The first-order valence-corrected chi connectivity index (χ1v) is 3.00. The standard InChI is InChI=1S/C5H9F4NO/c6-1-2-10-3-4(11)5(7,8)9/h4,10-11H,1-3H2. The number of halogens is 4. The zero-order chi connectivity index (χ0) is 8.91. The molecule has 0 fully saturated rings. The van der Waals surface area contributed by atoms with Gasteiger partial charge in [-0.15, -0.1) is 0 Å². The maximum atomic E-state index is 11.5. The summed E-state index contributed by atoms with van der Waals surface area (Å²) in [5.41, 5.74) is 0. The van der Waals surface area contributed by atoms with Crippen LogP contribution in [0.2, 0.25) is 0 Å². The number of alkyl halides is 4. The van der Waals surface area contributed by atoms with E-state index in [0.29, 0.717) is 0 Å². The molecule has 0 aromatic heterocycles. The molecule has 0 aliphatic carbocycles. The first-order valence-electron chi connectivity index (χ1n) is 3.00. The van der Waals surface area contributed by atoms with Crippen LogP contribution >= 0.6 is 0 Å². The Hall–Kier alpha value is -0.360. The number of aliphatic hydroxyl groups excluding tert-OH is 1. The summed E-state index contributed by atoms with van der Waals surface area (Å²) in [7, 11) is 0. The molecule has 0 rings (SSSR count). The molecule has 2 N–H and O–H groups in total. The molecule has 2 nitrogen and oxygen atoms in total. The van der Waals surface area contributed by atoms with Crippen molar-refractivity contribution in [1.29, 1.82) is 0 Å². The van der Waals surface area contributed by atoms with Gasteiger partial charge in [-0.2, -0.15) is 13.2 Å². The molecule has 0 heterocycles. The molecule has 0 amide bonds. The van der Waals surface area contributed by atoms with Crippen LogP contribution in [0, 0.1) is 0 Å². The molecule has 0 bridgehead atoms. The third-order valence-corrected chi connectivity index (χ3v) is 0.987. The van der Waals surface area contributed by atoms with Crippen LogP contribution in [0.4, 0.5) is 17.6 Å². The SMILES string of the molecule is OC(CNCCF)C(F)(F)F. The monoisotopic (exact) mass is 175 g/mol. The van der Waals surface area contributed by atoms with Crippen molar-refractivity contribution in [2.24, 2.45) is 0 Å². The van der Waals surface area contributed by atoms with Gasteiger partial charge in [-0.3, -0.25) is 0 Å². The normalized spacial score (nSPS) is 15.0. The van der Waals surface area contributed by atoms with E-state index in [9.17, 15) is 17.6 Å². The van der Waals surface area contributed by atoms with E-state index in [4.69, 9.17) is 5.11 Å². The van der Waals surface area contributed by atoms with Gasteiger partial charge >= 0.3 is 6.18 Å². The van der Waals surface area contributed by atoms with Gasteiger partial charge in [-0.25, -0.2) is 4.39 Å². The summed E-state index contributed by atoms with van der Waals surface area (Å²) in [5.74, 6) is 0. The third kappa shape index (κ3) is 4.97. The molecule has 0 aromatic carbocycles. The van der Waals surface area contributed by atoms with Crippen LogP contribution in [-0.2, 0) is 0 Å². The van der Waals surface area contributed by atoms with E-state index in [2.05, 4.69) is 5.32 Å². The van der Waals surface area contributed by atoms with Crippen molar-refractivity contribution < 1.29 is 22.7 Å². The van der Waals surface area contributed by atoms with Crippen LogP contribution in [-0.4, -0.2) is 37.2 Å². The Balaban J connectivity index is 3.44. The van der Waals surface area contributed by atoms with Crippen molar-refractivity contribution in [2.75, 3.05) is 19.8 Å². The average Bonchev–Trinajstić information content (AvgIpc) is 1.86. The highest BCUT2D eigenvalue weighted by molar-refractivity contribution is 4.67. The second kappa shape index (κ2) is 4.50. The van der Waals surface area contributed by atoms with E-state index in [1.54, 1.807) is 0 Å². The quantitative estimate of drug-likeness (QED) is 0.480. The molecule has 0 aliphatic heterocycles. The van der Waals surface area contributed by atoms with Crippen LogP contribution in [0.3, 0.4) is 0 Å². The molecule has 0 radical (unpaired) electrons. The minimum atomic E-state index is -4.62. The zero-order valence-corrected chi connectivity index (χ0v) is 5.66. The van der Waals surface area contributed by atoms with Crippen molar-refractivity contribution in [3.63, 3.8) is 0 Å². The molecule has 0 aliphatic rings. The molecule has 68 valence electrons. The summed E-state index contributed by atoms with van der Waals surface area (Å²) in [4.78, 5) is 0. The van der Waals surface area contributed by atoms with E-state index in [-0.39, 0.29) is 6.54 Å². The molecular weight excluding hydrogens is 166 g/mol. The summed E-state index contributed by atoms with van der Waals surface area (Å²) in [6.07, 6.45) is -7.03. The van der Waals surface area contributed by atoms with Crippen molar-refractivity contribution >= 4 is 0 Å². The molecule has 11 heavy (non-hydrogen) atoms. The lowest BCUT2D eigenvalue weighted by molar-refractivity contribution is -0.201. The van der Waals surface area contributed by atoms with Crippen molar-refractivity contribution in [3.05, 3.63) is 0 Å². The second-order valence-electron chi connectivity index (χ2n) is 1.95. The minimum Gasteiger partial charge on any atom is -0.382 e. The lowest BCUT2D eigenvalue weighted by atomic mass is 10.3. The lowest BCUT2D eigenvalue weighted by Gasteiger charge is -2.13. The molecule has 0 saturated carbocycles. The largest absolute Gasteiger partial charge is 0.415 e. The molecule has 6 heteroatoms. The highest BCUT2D eigenvalue weighted by atomic mass is 19.4. The first-order chi connectivity index (χ1) is 4.98. The maximum absolute atomic E-state index is 11.5. The number of hydrogen-bond acceptors (Lipinski definition) is 2. The molecule has 1 unspecified atom stereocenters. The Kier molecular flexibility index (Phi) is 4.36. The predicted molar refractivity (Wildman–Crippen MR) is 30.9 cm³/mol. The first kappa shape index (κ1) is 10.6. The topological polar surface area (TPSA) is 32.3 Å². The summed E-state index contributed by atoms with van der Waals surface area (Å²) < 4.78 is 45.8. The van der Waals surface area contributed by atoms with E-state index in [1.165, 1.54) is 0 Å². The Morgan fingerprint density at radius 3 is 2.27 bits per heavy atom. The lowest BCUT2D eigenvalue weighted by Crippen LogP contribution is -2.38. The highest BCUT2D eigenvalue weighted by Gasteiger charge is 2.37. The maximum Gasteiger partial charge on any atom is 0.415 e. The fourth-order valence-electron chi connectivity index (χ4n) is 0.421. The second-order valence-corrected chi connectivity index (χ2v) is 1.95. The van der Waals surface area contributed by atoms with Gasteiger partial charge in [0.1, 0.15) is 6.67 Å². The van der Waals surface area contributed by atoms with Crippen LogP contribution in [0.25, 0.3) is 0 Å². The number of hydrogen-bond donors (Lipinski definition) is 2. The van der Waals surface area contributed by atoms with Gasteiger partial charge in [0, 0.05) is 13.1 Å². The van der Waals surface area contributed by atoms with Crippen LogP contribution in [0.15, 0.2) is 0 Å². The fourth-order valence-corrected chi connectivity index (χ4v) is 0.421. The van der Waals surface area contributed by atoms with Crippen LogP contribution in [0.1, 0.15) is 0 Å². The van der Waals surface area contributed by atoms with Crippen LogP contribution < -0.4 is 5.32 Å². The summed E-state index contributed by atoms with van der Waals surface area (Å²) in [6, 6.07) is 0. The van der Waals surface area contributed by atoms with Crippen LogP contribution in [0.5, 0.6) is 0 Å². The summed E-state index contributed by atoms with van der Waals surface area (Å²) >= 11 is 0. The van der Waals surface area contributed by atoms with Crippen molar-refractivity contribution in [1.82, 2.24) is 5.32 Å². The Bertz CT molecular complexity index is 105. The van der Waals surface area contributed by atoms with Gasteiger partial charge < -0.3 is 10.4 Å². The van der Waals surface area contributed by atoms with Gasteiger partial charge in [0.05, 0.1) is 0 Å². The zero-order valence-electron chi connectivity index (χ0n) is 5.66. The Morgan fingerprint density at radius 2 is 1.91 bits per heavy atom. The molecule has 0 spiro atoms. The molecule has 0 saturated heterocycles. The number of aliphatic hydroxyl groups is 1. The van der Waals surface area contributed by atoms with Gasteiger partial charge in [0.25, 0.3) is 0 Å². The van der Waals surface area contributed by atoms with E-state index in [0.717, 1.165) is 0 Å². The molecule has 1 atom stereocenters. The summed E-state index contributed by atoms with van der Waals surface area (Å²) in [5, 5.41) is 10.4.